The molecule has 0 radical (unpaired) electrons. The Morgan fingerprint density at radius 1 is 0.706 bits per heavy atom. The molecule has 0 amide bonds. The van der Waals surface area contributed by atoms with Crippen molar-refractivity contribution < 1.29 is 0 Å². The van der Waals surface area contributed by atoms with E-state index in [0.717, 1.165) is 0 Å². The molecule has 0 spiro atoms. The minimum absolute atomic E-state index is 1.19. The molecule has 17 heavy (non-hydrogen) atoms. The lowest BCUT2D eigenvalue weighted by atomic mass is 10.1. The monoisotopic (exact) mass is 234 g/mol. The van der Waals surface area contributed by atoms with Crippen LogP contribution in [0, 0.1) is 0 Å². The molecular weight excluding hydrogens is 204 g/mol. The normalized spacial score (nSPS) is 11.6. The fourth-order valence-electron chi connectivity index (χ4n) is 1.77. The summed E-state index contributed by atoms with van der Waals surface area (Å²) in [5.74, 6) is 0. The standard InChI is InChI=1S/C17H30/c1-3-5-7-9-11-13-15-17-16-14-12-10-8-6-4-2/h3,8,10,12,14H,1,4-7,9,11,13,15-17H2,2H3. The maximum absolute atomic E-state index is 3.74. The van der Waals surface area contributed by atoms with Crippen LogP contribution in [0.3, 0.4) is 0 Å². The fraction of sp³-hybridized carbons (Fsp3) is 0.647. The van der Waals surface area contributed by atoms with Gasteiger partial charge in [0, 0.05) is 0 Å². The SMILES string of the molecule is C=CCCCCCCCCC=CC=CCCC. The first-order valence-electron chi connectivity index (χ1n) is 7.34. The summed E-state index contributed by atoms with van der Waals surface area (Å²) < 4.78 is 0. The molecule has 0 bridgehead atoms. The van der Waals surface area contributed by atoms with Crippen molar-refractivity contribution in [3.05, 3.63) is 37.0 Å². The maximum Gasteiger partial charge on any atom is -0.0348 e. The first-order chi connectivity index (χ1) is 8.41. The lowest BCUT2D eigenvalue weighted by Gasteiger charge is -1.98. The van der Waals surface area contributed by atoms with Gasteiger partial charge in [0.15, 0.2) is 0 Å². The molecule has 0 heteroatoms. The molecule has 0 aromatic carbocycles. The highest BCUT2D eigenvalue weighted by atomic mass is 14.0. The van der Waals surface area contributed by atoms with Gasteiger partial charge in [-0.15, -0.1) is 6.58 Å². The Balaban J connectivity index is 3.09. The second kappa shape index (κ2) is 15.2. The lowest BCUT2D eigenvalue weighted by Crippen LogP contribution is -1.79. The number of rotatable bonds is 12. The molecule has 0 aromatic heterocycles. The Hall–Kier alpha value is -0.780. The third-order valence-corrected chi connectivity index (χ3v) is 2.87. The molecule has 0 saturated carbocycles. The van der Waals surface area contributed by atoms with E-state index in [4.69, 9.17) is 0 Å². The van der Waals surface area contributed by atoms with Crippen LogP contribution in [0.25, 0.3) is 0 Å². The number of hydrogen-bond acceptors (Lipinski definition) is 0. The van der Waals surface area contributed by atoms with Gasteiger partial charge in [0.1, 0.15) is 0 Å². The molecule has 0 heterocycles. The van der Waals surface area contributed by atoms with E-state index in [9.17, 15) is 0 Å². The van der Waals surface area contributed by atoms with Crippen molar-refractivity contribution >= 4 is 0 Å². The highest BCUT2D eigenvalue weighted by Gasteiger charge is 1.89. The third kappa shape index (κ3) is 15.2. The summed E-state index contributed by atoms with van der Waals surface area (Å²) in [5.41, 5.74) is 0. The van der Waals surface area contributed by atoms with E-state index >= 15 is 0 Å². The van der Waals surface area contributed by atoms with Crippen LogP contribution in [0.5, 0.6) is 0 Å². The van der Waals surface area contributed by atoms with Crippen LogP contribution < -0.4 is 0 Å². The van der Waals surface area contributed by atoms with Crippen LogP contribution in [0.1, 0.15) is 71.1 Å². The largest absolute Gasteiger partial charge is 0.103 e. The number of hydrogen-bond donors (Lipinski definition) is 0. The molecule has 0 atom stereocenters. The van der Waals surface area contributed by atoms with Gasteiger partial charge in [-0.3, -0.25) is 0 Å². The quantitative estimate of drug-likeness (QED) is 0.214. The Morgan fingerprint density at radius 3 is 1.82 bits per heavy atom. The van der Waals surface area contributed by atoms with E-state index in [1.807, 2.05) is 6.08 Å². The van der Waals surface area contributed by atoms with E-state index < -0.39 is 0 Å². The first kappa shape index (κ1) is 16.2. The van der Waals surface area contributed by atoms with Crippen LogP contribution in [-0.4, -0.2) is 0 Å². The summed E-state index contributed by atoms with van der Waals surface area (Å²) in [6, 6.07) is 0. The van der Waals surface area contributed by atoms with Gasteiger partial charge in [-0.05, 0) is 32.1 Å². The number of unbranched alkanes of at least 4 members (excludes halogenated alkanes) is 8. The van der Waals surface area contributed by atoms with Crippen LogP contribution in [0.2, 0.25) is 0 Å². The van der Waals surface area contributed by atoms with Gasteiger partial charge >= 0.3 is 0 Å². The molecule has 0 aliphatic heterocycles. The van der Waals surface area contributed by atoms with E-state index in [1.165, 1.54) is 64.2 Å². The average Bonchev–Trinajstić information content (AvgIpc) is 2.35. The average molecular weight is 234 g/mol. The van der Waals surface area contributed by atoms with Crippen molar-refractivity contribution in [2.45, 2.75) is 71.1 Å². The van der Waals surface area contributed by atoms with Crippen molar-refractivity contribution in [2.24, 2.45) is 0 Å². The van der Waals surface area contributed by atoms with Crippen molar-refractivity contribution in [3.8, 4) is 0 Å². The second-order valence-electron chi connectivity index (χ2n) is 4.63. The zero-order valence-corrected chi connectivity index (χ0v) is 11.7. The highest BCUT2D eigenvalue weighted by molar-refractivity contribution is 5.02. The topological polar surface area (TPSA) is 0 Å². The van der Waals surface area contributed by atoms with Gasteiger partial charge in [-0.25, -0.2) is 0 Å². The summed E-state index contributed by atoms with van der Waals surface area (Å²) >= 11 is 0. The Morgan fingerprint density at radius 2 is 1.24 bits per heavy atom. The lowest BCUT2D eigenvalue weighted by molar-refractivity contribution is 0.600. The van der Waals surface area contributed by atoms with Crippen molar-refractivity contribution in [2.75, 3.05) is 0 Å². The summed E-state index contributed by atoms with van der Waals surface area (Å²) in [5, 5.41) is 0. The first-order valence-corrected chi connectivity index (χ1v) is 7.34. The number of allylic oxidation sites excluding steroid dienone is 5. The predicted octanol–water partition coefficient (Wildman–Crippen LogP) is 6.21. The van der Waals surface area contributed by atoms with Crippen molar-refractivity contribution in [1.29, 1.82) is 0 Å². The molecule has 0 N–H and O–H groups in total. The summed E-state index contributed by atoms with van der Waals surface area (Å²) in [4.78, 5) is 0. The van der Waals surface area contributed by atoms with E-state index in [-0.39, 0.29) is 0 Å². The molecule has 98 valence electrons. The summed E-state index contributed by atoms with van der Waals surface area (Å²) in [7, 11) is 0. The zero-order valence-electron chi connectivity index (χ0n) is 11.7. The van der Waals surface area contributed by atoms with Gasteiger partial charge in [0.2, 0.25) is 0 Å². The smallest absolute Gasteiger partial charge is 0.0348 e. The van der Waals surface area contributed by atoms with Gasteiger partial charge < -0.3 is 0 Å². The molecule has 0 saturated heterocycles. The minimum Gasteiger partial charge on any atom is -0.103 e. The van der Waals surface area contributed by atoms with Gasteiger partial charge in [-0.2, -0.15) is 0 Å². The Labute approximate surface area is 109 Å². The molecule has 0 aliphatic carbocycles. The van der Waals surface area contributed by atoms with Crippen LogP contribution in [-0.2, 0) is 0 Å². The van der Waals surface area contributed by atoms with Crippen LogP contribution >= 0.6 is 0 Å². The van der Waals surface area contributed by atoms with E-state index in [0.29, 0.717) is 0 Å². The third-order valence-electron chi connectivity index (χ3n) is 2.87. The maximum atomic E-state index is 3.74. The Kier molecular flexibility index (Phi) is 14.5. The minimum atomic E-state index is 1.19. The van der Waals surface area contributed by atoms with Crippen LogP contribution in [0.15, 0.2) is 37.0 Å². The van der Waals surface area contributed by atoms with E-state index in [2.05, 4.69) is 37.8 Å². The summed E-state index contributed by atoms with van der Waals surface area (Å²) in [6.45, 7) is 5.95. The van der Waals surface area contributed by atoms with E-state index in [1.54, 1.807) is 0 Å². The highest BCUT2D eigenvalue weighted by Crippen LogP contribution is 2.08. The van der Waals surface area contributed by atoms with Crippen molar-refractivity contribution in [3.63, 3.8) is 0 Å². The zero-order chi connectivity index (χ0) is 12.6. The van der Waals surface area contributed by atoms with Crippen LogP contribution in [0.4, 0.5) is 0 Å². The van der Waals surface area contributed by atoms with Gasteiger partial charge in [0.25, 0.3) is 0 Å². The van der Waals surface area contributed by atoms with Crippen molar-refractivity contribution in [1.82, 2.24) is 0 Å². The summed E-state index contributed by atoms with van der Waals surface area (Å²) in [6.07, 6.45) is 24.0. The molecule has 0 nitrogen and oxygen atoms in total. The molecule has 0 aromatic rings. The predicted molar refractivity (Wildman–Crippen MR) is 80.3 cm³/mol. The van der Waals surface area contributed by atoms with Gasteiger partial charge in [-0.1, -0.05) is 69.4 Å². The Bertz CT molecular complexity index is 198. The second-order valence-corrected chi connectivity index (χ2v) is 4.63. The molecule has 0 rings (SSSR count). The molecule has 0 fully saturated rings. The molecular formula is C17H30. The fourth-order valence-corrected chi connectivity index (χ4v) is 1.77. The van der Waals surface area contributed by atoms with Gasteiger partial charge in [0.05, 0.1) is 0 Å². The molecule has 0 aliphatic rings. The molecule has 0 unspecified atom stereocenters.